The Kier molecular flexibility index (Phi) is 3.52. The van der Waals surface area contributed by atoms with Crippen LogP contribution in [0, 0.1) is 0 Å². The van der Waals surface area contributed by atoms with Crippen LogP contribution in [0.25, 0.3) is 0 Å². The molecule has 0 radical (unpaired) electrons. The van der Waals surface area contributed by atoms with Gasteiger partial charge in [0.1, 0.15) is 5.75 Å². The van der Waals surface area contributed by atoms with Crippen LogP contribution >= 0.6 is 0 Å². The minimum Gasteiger partial charge on any atom is -0.439 e. The van der Waals surface area contributed by atoms with E-state index in [9.17, 15) is 4.79 Å². The lowest BCUT2D eigenvalue weighted by Gasteiger charge is -2.06. The molecule has 0 aliphatic heterocycles. The van der Waals surface area contributed by atoms with Crippen LogP contribution in [0.1, 0.15) is 5.56 Å². The van der Waals surface area contributed by atoms with Crippen molar-refractivity contribution in [3.63, 3.8) is 0 Å². The number of H-pyrrole nitrogens is 1. The van der Waals surface area contributed by atoms with E-state index in [4.69, 9.17) is 4.74 Å². The lowest BCUT2D eigenvalue weighted by molar-refractivity contribution is 0.459. The Hall–Kier alpha value is -2.14. The maximum Gasteiger partial charge on any atom is 0.254 e. The molecular formula is C12H13N3O2. The van der Waals surface area contributed by atoms with Crippen LogP contribution < -0.4 is 15.6 Å². The first-order chi connectivity index (χ1) is 8.28. The Bertz CT molecular complexity index is 551. The van der Waals surface area contributed by atoms with Gasteiger partial charge >= 0.3 is 0 Å². The lowest BCUT2D eigenvalue weighted by atomic mass is 10.2. The zero-order valence-electron chi connectivity index (χ0n) is 9.43. The second kappa shape index (κ2) is 5.27. The second-order valence-electron chi connectivity index (χ2n) is 3.53. The minimum absolute atomic E-state index is 0.235. The molecule has 0 saturated heterocycles. The molecule has 0 fully saturated rings. The highest BCUT2D eigenvalue weighted by atomic mass is 16.5. The molecule has 0 saturated carbocycles. The Morgan fingerprint density at radius 3 is 3.06 bits per heavy atom. The molecule has 0 aliphatic rings. The van der Waals surface area contributed by atoms with Gasteiger partial charge in [0, 0.05) is 6.54 Å². The highest BCUT2D eigenvalue weighted by Crippen LogP contribution is 2.18. The van der Waals surface area contributed by atoms with Crippen molar-refractivity contribution >= 4 is 0 Å². The highest BCUT2D eigenvalue weighted by molar-refractivity contribution is 5.31. The number of aromatic nitrogens is 2. The standard InChI is InChI=1S/C12H13N3O2/c1-13-7-9-3-2-4-10(5-9)17-12-6-11(16)14-8-15-12/h2-6,8,13H,7H2,1H3,(H,14,15,16). The second-order valence-corrected chi connectivity index (χ2v) is 3.53. The normalized spacial score (nSPS) is 10.2. The molecular weight excluding hydrogens is 218 g/mol. The van der Waals surface area contributed by atoms with Crippen LogP contribution in [-0.2, 0) is 6.54 Å². The largest absolute Gasteiger partial charge is 0.439 e. The average Bonchev–Trinajstić information content (AvgIpc) is 2.30. The topological polar surface area (TPSA) is 67.0 Å². The quantitative estimate of drug-likeness (QED) is 0.831. The van der Waals surface area contributed by atoms with Gasteiger partial charge in [-0.15, -0.1) is 0 Å². The SMILES string of the molecule is CNCc1cccc(Oc2cc(=O)[nH]cn2)c1. The summed E-state index contributed by atoms with van der Waals surface area (Å²) in [7, 11) is 1.88. The third kappa shape index (κ3) is 3.15. The molecule has 0 atom stereocenters. The van der Waals surface area contributed by atoms with Crippen molar-refractivity contribution in [1.29, 1.82) is 0 Å². The van der Waals surface area contributed by atoms with Crippen molar-refractivity contribution in [3.05, 3.63) is 52.6 Å². The first-order valence-corrected chi connectivity index (χ1v) is 5.24. The van der Waals surface area contributed by atoms with Crippen molar-refractivity contribution in [2.24, 2.45) is 0 Å². The smallest absolute Gasteiger partial charge is 0.254 e. The summed E-state index contributed by atoms with van der Waals surface area (Å²) in [6.45, 7) is 0.764. The lowest BCUT2D eigenvalue weighted by Crippen LogP contribution is -2.06. The van der Waals surface area contributed by atoms with E-state index < -0.39 is 0 Å². The summed E-state index contributed by atoms with van der Waals surface area (Å²) in [5, 5.41) is 3.06. The Labute approximate surface area is 98.5 Å². The Morgan fingerprint density at radius 2 is 2.29 bits per heavy atom. The number of hydrogen-bond donors (Lipinski definition) is 2. The Balaban J connectivity index is 2.18. The summed E-state index contributed by atoms with van der Waals surface area (Å²) >= 11 is 0. The van der Waals surface area contributed by atoms with E-state index in [0.29, 0.717) is 5.75 Å². The molecule has 2 N–H and O–H groups in total. The van der Waals surface area contributed by atoms with Gasteiger partial charge in [-0.1, -0.05) is 12.1 Å². The van der Waals surface area contributed by atoms with E-state index in [-0.39, 0.29) is 11.4 Å². The Morgan fingerprint density at radius 1 is 1.41 bits per heavy atom. The zero-order chi connectivity index (χ0) is 12.1. The fraction of sp³-hybridized carbons (Fsp3) is 0.167. The molecule has 5 heteroatoms. The number of nitrogens with one attached hydrogen (secondary N) is 2. The van der Waals surface area contributed by atoms with Gasteiger partial charge in [0.05, 0.1) is 12.4 Å². The van der Waals surface area contributed by atoms with Gasteiger partial charge in [0.2, 0.25) is 5.88 Å². The maximum absolute atomic E-state index is 11.1. The first kappa shape index (κ1) is 11.3. The molecule has 0 bridgehead atoms. The summed E-state index contributed by atoms with van der Waals surface area (Å²) in [6, 6.07) is 8.93. The summed E-state index contributed by atoms with van der Waals surface area (Å²) in [5.41, 5.74) is 0.872. The van der Waals surface area contributed by atoms with Crippen LogP contribution in [0.5, 0.6) is 11.6 Å². The van der Waals surface area contributed by atoms with E-state index in [2.05, 4.69) is 15.3 Å². The minimum atomic E-state index is -0.235. The monoisotopic (exact) mass is 231 g/mol. The molecule has 0 aliphatic carbocycles. The third-order valence-electron chi connectivity index (χ3n) is 2.15. The van der Waals surface area contributed by atoms with Gasteiger partial charge in [0.15, 0.2) is 0 Å². The van der Waals surface area contributed by atoms with Crippen molar-refractivity contribution in [2.45, 2.75) is 6.54 Å². The van der Waals surface area contributed by atoms with Crippen molar-refractivity contribution in [1.82, 2.24) is 15.3 Å². The molecule has 0 amide bonds. The molecule has 1 aromatic carbocycles. The fourth-order valence-corrected chi connectivity index (χ4v) is 1.45. The number of rotatable bonds is 4. The van der Waals surface area contributed by atoms with Crippen LogP contribution in [0.4, 0.5) is 0 Å². The number of hydrogen-bond acceptors (Lipinski definition) is 4. The summed E-state index contributed by atoms with van der Waals surface area (Å²) in [6.07, 6.45) is 1.31. The summed E-state index contributed by atoms with van der Waals surface area (Å²) in [4.78, 5) is 17.4. The molecule has 2 aromatic rings. The van der Waals surface area contributed by atoms with Crippen LogP contribution in [0.2, 0.25) is 0 Å². The first-order valence-electron chi connectivity index (χ1n) is 5.24. The van der Waals surface area contributed by atoms with E-state index in [1.807, 2.05) is 31.3 Å². The molecule has 17 heavy (non-hydrogen) atoms. The van der Waals surface area contributed by atoms with Crippen molar-refractivity contribution in [2.75, 3.05) is 7.05 Å². The molecule has 1 heterocycles. The maximum atomic E-state index is 11.1. The number of ether oxygens (including phenoxy) is 1. The van der Waals surface area contributed by atoms with E-state index in [0.717, 1.165) is 12.1 Å². The van der Waals surface area contributed by atoms with Gasteiger partial charge in [-0.3, -0.25) is 4.79 Å². The van der Waals surface area contributed by atoms with Crippen LogP contribution in [-0.4, -0.2) is 17.0 Å². The predicted molar refractivity (Wildman–Crippen MR) is 64.1 cm³/mol. The van der Waals surface area contributed by atoms with E-state index in [1.165, 1.54) is 12.4 Å². The van der Waals surface area contributed by atoms with E-state index >= 15 is 0 Å². The number of benzene rings is 1. The predicted octanol–water partition coefficient (Wildman–Crippen LogP) is 1.28. The van der Waals surface area contributed by atoms with Crippen molar-refractivity contribution in [3.8, 4) is 11.6 Å². The average molecular weight is 231 g/mol. The fourth-order valence-electron chi connectivity index (χ4n) is 1.45. The van der Waals surface area contributed by atoms with E-state index in [1.54, 1.807) is 0 Å². The van der Waals surface area contributed by atoms with Gasteiger partial charge in [0.25, 0.3) is 5.56 Å². The molecule has 88 valence electrons. The van der Waals surface area contributed by atoms with Gasteiger partial charge in [-0.2, -0.15) is 0 Å². The zero-order valence-corrected chi connectivity index (χ0v) is 9.43. The highest BCUT2D eigenvalue weighted by Gasteiger charge is 2.00. The summed E-state index contributed by atoms with van der Waals surface area (Å²) < 4.78 is 5.49. The number of nitrogens with zero attached hydrogens (tertiary/aromatic N) is 1. The van der Waals surface area contributed by atoms with Gasteiger partial charge in [-0.25, -0.2) is 4.98 Å². The van der Waals surface area contributed by atoms with Gasteiger partial charge < -0.3 is 15.0 Å². The summed E-state index contributed by atoms with van der Waals surface area (Å²) in [5.74, 6) is 0.950. The van der Waals surface area contributed by atoms with Crippen LogP contribution in [0.15, 0.2) is 41.5 Å². The van der Waals surface area contributed by atoms with Gasteiger partial charge in [-0.05, 0) is 24.7 Å². The molecule has 5 nitrogen and oxygen atoms in total. The number of aromatic amines is 1. The van der Waals surface area contributed by atoms with Crippen LogP contribution in [0.3, 0.4) is 0 Å². The van der Waals surface area contributed by atoms with Crippen molar-refractivity contribution < 1.29 is 4.74 Å². The molecule has 1 aromatic heterocycles. The molecule has 2 rings (SSSR count). The molecule has 0 unspecified atom stereocenters. The molecule has 0 spiro atoms. The third-order valence-corrected chi connectivity index (χ3v) is 2.15.